The topological polar surface area (TPSA) is 104 Å². The Balaban J connectivity index is 2.50. The molecule has 2 aromatic carbocycles. The summed E-state index contributed by atoms with van der Waals surface area (Å²) in [6.45, 7) is 0. The van der Waals surface area contributed by atoms with Gasteiger partial charge in [-0.05, 0) is 23.8 Å². The van der Waals surface area contributed by atoms with Gasteiger partial charge in [-0.25, -0.2) is 9.36 Å². The summed E-state index contributed by atoms with van der Waals surface area (Å²) < 4.78 is 15.5. The molecular formula is C13H11O6P. The summed E-state index contributed by atoms with van der Waals surface area (Å²) in [7, 11) is -4.68. The largest absolute Gasteiger partial charge is 0.524 e. The van der Waals surface area contributed by atoms with Gasteiger partial charge in [-0.15, -0.1) is 0 Å². The normalized spacial score (nSPS) is 11.1. The van der Waals surface area contributed by atoms with Gasteiger partial charge in [0.1, 0.15) is 5.75 Å². The van der Waals surface area contributed by atoms with E-state index in [1.807, 2.05) is 0 Å². The maximum atomic E-state index is 10.9. The van der Waals surface area contributed by atoms with E-state index in [0.717, 1.165) is 0 Å². The number of phosphoric ester groups is 1. The Hall–Kier alpha value is -2.14. The molecule has 0 fully saturated rings. The third-order valence-corrected chi connectivity index (χ3v) is 2.96. The molecule has 7 heteroatoms. The van der Waals surface area contributed by atoms with Crippen LogP contribution in [0, 0.1) is 0 Å². The van der Waals surface area contributed by atoms with Crippen LogP contribution in [0.1, 0.15) is 10.4 Å². The van der Waals surface area contributed by atoms with Crippen LogP contribution in [-0.4, -0.2) is 20.9 Å². The number of hydrogen-bond donors (Lipinski definition) is 3. The lowest BCUT2D eigenvalue weighted by Crippen LogP contribution is -1.97. The summed E-state index contributed by atoms with van der Waals surface area (Å²) in [6, 6.07) is 12.2. The molecule has 0 heterocycles. The Kier molecular flexibility index (Phi) is 3.90. The zero-order chi connectivity index (χ0) is 14.8. The zero-order valence-corrected chi connectivity index (χ0v) is 11.0. The van der Waals surface area contributed by atoms with Crippen molar-refractivity contribution < 1.29 is 28.8 Å². The third kappa shape index (κ3) is 3.45. The standard InChI is InChI=1S/C13H11O6P/c14-13(15)10-5-3-4-9(8-10)11-6-1-2-7-12(11)19-20(16,17)18/h1-8H,(H,14,15)(H2,16,17,18). The summed E-state index contributed by atoms with van der Waals surface area (Å²) in [5.74, 6) is -1.09. The molecule has 3 N–H and O–H groups in total. The SMILES string of the molecule is O=C(O)c1cccc(-c2ccccc2OP(=O)(O)O)c1. The first-order valence-corrected chi connectivity index (χ1v) is 7.08. The minimum Gasteiger partial charge on any atom is -0.478 e. The van der Waals surface area contributed by atoms with Gasteiger partial charge >= 0.3 is 13.8 Å². The quantitative estimate of drug-likeness (QED) is 0.748. The van der Waals surface area contributed by atoms with Gasteiger partial charge in [-0.1, -0.05) is 30.3 Å². The molecule has 0 aliphatic heterocycles. The van der Waals surface area contributed by atoms with Gasteiger partial charge in [0.25, 0.3) is 0 Å². The minimum absolute atomic E-state index is 0.0108. The van der Waals surface area contributed by atoms with Crippen LogP contribution >= 0.6 is 7.82 Å². The number of phosphoric acid groups is 1. The van der Waals surface area contributed by atoms with Crippen molar-refractivity contribution in [2.24, 2.45) is 0 Å². The first-order valence-electron chi connectivity index (χ1n) is 5.55. The summed E-state index contributed by atoms with van der Waals surface area (Å²) >= 11 is 0. The van der Waals surface area contributed by atoms with Crippen LogP contribution in [0.3, 0.4) is 0 Å². The van der Waals surface area contributed by atoms with Gasteiger partial charge in [-0.3, -0.25) is 9.79 Å². The maximum Gasteiger partial charge on any atom is 0.524 e. The molecule has 0 bridgehead atoms. The van der Waals surface area contributed by atoms with Crippen molar-refractivity contribution in [1.29, 1.82) is 0 Å². The summed E-state index contributed by atoms with van der Waals surface area (Å²) in [4.78, 5) is 28.7. The molecule has 6 nitrogen and oxygen atoms in total. The van der Waals surface area contributed by atoms with Gasteiger partial charge in [0.05, 0.1) is 5.56 Å². The Labute approximate surface area is 114 Å². The van der Waals surface area contributed by atoms with E-state index in [-0.39, 0.29) is 11.3 Å². The molecule has 0 aromatic heterocycles. The highest BCUT2D eigenvalue weighted by Crippen LogP contribution is 2.42. The van der Waals surface area contributed by atoms with E-state index in [1.54, 1.807) is 30.3 Å². The molecule has 2 aromatic rings. The van der Waals surface area contributed by atoms with Gasteiger partial charge in [0, 0.05) is 5.56 Å². The summed E-state index contributed by atoms with van der Waals surface area (Å²) in [6.07, 6.45) is 0. The Bertz CT molecular complexity index is 691. The van der Waals surface area contributed by atoms with E-state index >= 15 is 0 Å². The van der Waals surface area contributed by atoms with E-state index in [0.29, 0.717) is 11.1 Å². The minimum atomic E-state index is -4.68. The molecule has 0 saturated carbocycles. The molecule has 20 heavy (non-hydrogen) atoms. The second-order valence-corrected chi connectivity index (χ2v) is 5.13. The Morgan fingerprint density at radius 1 is 1.05 bits per heavy atom. The van der Waals surface area contributed by atoms with Crippen LogP contribution in [0.4, 0.5) is 0 Å². The average molecular weight is 294 g/mol. The first-order chi connectivity index (χ1) is 9.37. The van der Waals surface area contributed by atoms with Crippen LogP contribution in [0.25, 0.3) is 11.1 Å². The van der Waals surface area contributed by atoms with Crippen LogP contribution in [0.5, 0.6) is 5.75 Å². The van der Waals surface area contributed by atoms with E-state index < -0.39 is 13.8 Å². The molecule has 2 rings (SSSR count). The molecule has 104 valence electrons. The highest BCUT2D eigenvalue weighted by atomic mass is 31.2. The van der Waals surface area contributed by atoms with Crippen LogP contribution < -0.4 is 4.52 Å². The highest BCUT2D eigenvalue weighted by molar-refractivity contribution is 7.46. The molecular weight excluding hydrogens is 283 g/mol. The van der Waals surface area contributed by atoms with Crippen molar-refractivity contribution in [3.8, 4) is 16.9 Å². The molecule has 0 atom stereocenters. The van der Waals surface area contributed by atoms with Gasteiger partial charge in [0.15, 0.2) is 0 Å². The number of benzene rings is 2. The predicted octanol–water partition coefficient (Wildman–Crippen LogP) is 2.52. The van der Waals surface area contributed by atoms with Gasteiger partial charge in [0.2, 0.25) is 0 Å². The van der Waals surface area contributed by atoms with Crippen molar-refractivity contribution in [3.63, 3.8) is 0 Å². The van der Waals surface area contributed by atoms with Gasteiger partial charge in [-0.2, -0.15) is 0 Å². The van der Waals surface area contributed by atoms with Crippen molar-refractivity contribution in [1.82, 2.24) is 0 Å². The first kappa shape index (κ1) is 14.3. The zero-order valence-electron chi connectivity index (χ0n) is 10.1. The summed E-state index contributed by atoms with van der Waals surface area (Å²) in [5, 5.41) is 8.96. The molecule has 0 radical (unpaired) electrons. The van der Waals surface area contributed by atoms with Crippen LogP contribution in [0.2, 0.25) is 0 Å². The lowest BCUT2D eigenvalue weighted by molar-refractivity contribution is 0.0697. The van der Waals surface area contributed by atoms with E-state index in [1.165, 1.54) is 18.2 Å². The van der Waals surface area contributed by atoms with Crippen molar-refractivity contribution >= 4 is 13.8 Å². The molecule has 0 aliphatic rings. The highest BCUT2D eigenvalue weighted by Gasteiger charge is 2.19. The number of carboxylic acids is 1. The summed E-state index contributed by atoms with van der Waals surface area (Å²) in [5.41, 5.74) is 0.973. The number of hydrogen-bond acceptors (Lipinski definition) is 3. The fourth-order valence-corrected chi connectivity index (χ4v) is 2.15. The number of aromatic carboxylic acids is 1. The Morgan fingerprint density at radius 2 is 1.75 bits per heavy atom. The van der Waals surface area contributed by atoms with Crippen molar-refractivity contribution in [2.45, 2.75) is 0 Å². The van der Waals surface area contributed by atoms with Crippen molar-refractivity contribution in [2.75, 3.05) is 0 Å². The van der Waals surface area contributed by atoms with E-state index in [2.05, 4.69) is 4.52 Å². The monoisotopic (exact) mass is 294 g/mol. The fraction of sp³-hybridized carbons (Fsp3) is 0. The maximum absolute atomic E-state index is 10.9. The van der Waals surface area contributed by atoms with E-state index in [9.17, 15) is 9.36 Å². The second-order valence-electron chi connectivity index (χ2n) is 3.96. The van der Waals surface area contributed by atoms with E-state index in [4.69, 9.17) is 14.9 Å². The third-order valence-electron chi connectivity index (χ3n) is 2.52. The Morgan fingerprint density at radius 3 is 2.40 bits per heavy atom. The molecule has 0 amide bonds. The smallest absolute Gasteiger partial charge is 0.478 e. The van der Waals surface area contributed by atoms with Crippen molar-refractivity contribution in [3.05, 3.63) is 54.1 Å². The fourth-order valence-electron chi connectivity index (χ4n) is 1.73. The van der Waals surface area contributed by atoms with Crippen LogP contribution in [0.15, 0.2) is 48.5 Å². The number of para-hydroxylation sites is 1. The second kappa shape index (κ2) is 5.46. The number of carboxylic acid groups (broad SMARTS) is 1. The lowest BCUT2D eigenvalue weighted by atomic mass is 10.0. The number of rotatable bonds is 4. The molecule has 0 spiro atoms. The average Bonchev–Trinajstić information content (AvgIpc) is 2.37. The van der Waals surface area contributed by atoms with Gasteiger partial charge < -0.3 is 9.63 Å². The number of carbonyl (C=O) groups is 1. The molecule has 0 saturated heterocycles. The molecule has 0 aliphatic carbocycles. The predicted molar refractivity (Wildman–Crippen MR) is 71.5 cm³/mol. The van der Waals surface area contributed by atoms with Crippen LogP contribution in [-0.2, 0) is 4.57 Å². The lowest BCUT2D eigenvalue weighted by Gasteiger charge is -2.12. The molecule has 0 unspecified atom stereocenters.